The first-order chi connectivity index (χ1) is 38.3. The second-order valence-corrected chi connectivity index (χ2v) is 24.5. The van der Waals surface area contributed by atoms with E-state index in [4.69, 9.17) is 0 Å². The van der Waals surface area contributed by atoms with Gasteiger partial charge in [0, 0.05) is 38.9 Å². The number of hydrogen-bond acceptors (Lipinski definition) is 2. The first-order valence-electron chi connectivity index (χ1n) is 28.7. The third-order valence-corrected chi connectivity index (χ3v) is 19.3. The van der Waals surface area contributed by atoms with Gasteiger partial charge in [-0.1, -0.05) is 191 Å². The number of hydrogen-bond donors (Lipinski definition) is 0. The van der Waals surface area contributed by atoms with Crippen molar-refractivity contribution in [3.8, 4) is 33.4 Å². The molecule has 12 aromatic rings. The molecule has 0 amide bonds. The predicted octanol–water partition coefficient (Wildman–Crippen LogP) is 21.0. The predicted molar refractivity (Wildman–Crippen MR) is 330 cm³/mol. The fourth-order valence-electron chi connectivity index (χ4n) is 16.1. The van der Waals surface area contributed by atoms with Crippen LogP contribution in [0.25, 0.3) is 76.5 Å². The highest BCUT2D eigenvalue weighted by Gasteiger charge is 2.61. The standard InChI is InChI=1S/C76H62N2/c1-75(2,3)56-19-12-17-53(44-56)54-29-33-65-68-47-62(32-36-69(68)76(70(65)46-54)57-40-48-39-49(42-57)43-58(76)41-48)78(60-22-8-5-9-23-60)72-38-31-52-27-34-66-71(37-30-51-28-35-67(72)74(52)73(51)66)77(59-20-6-4-7-21-59)61-24-13-18-55(45-61)64-26-14-16-50-15-10-11-25-63(50)64/h4-38,44-49,57-58H,39-43H2,1-3H3. The minimum Gasteiger partial charge on any atom is -0.310 e. The lowest BCUT2D eigenvalue weighted by atomic mass is 9.43. The van der Waals surface area contributed by atoms with Gasteiger partial charge in [-0.2, -0.15) is 0 Å². The quantitative estimate of drug-likeness (QED) is 0.140. The van der Waals surface area contributed by atoms with E-state index in [9.17, 15) is 0 Å². The zero-order valence-electron chi connectivity index (χ0n) is 44.8. The molecule has 0 unspecified atom stereocenters. The third-order valence-electron chi connectivity index (χ3n) is 19.3. The van der Waals surface area contributed by atoms with Crippen molar-refractivity contribution in [3.63, 3.8) is 0 Å². The van der Waals surface area contributed by atoms with Crippen LogP contribution in [0.3, 0.4) is 0 Å². The van der Waals surface area contributed by atoms with E-state index in [2.05, 4.69) is 267 Å². The maximum atomic E-state index is 2.66. The van der Waals surface area contributed by atoms with Gasteiger partial charge in [0.05, 0.1) is 11.4 Å². The van der Waals surface area contributed by atoms with Gasteiger partial charge >= 0.3 is 0 Å². The molecule has 0 saturated heterocycles. The van der Waals surface area contributed by atoms with E-state index >= 15 is 0 Å². The highest BCUT2D eigenvalue weighted by atomic mass is 15.1. The molecule has 2 heteroatoms. The molecule has 2 nitrogen and oxygen atoms in total. The van der Waals surface area contributed by atoms with E-state index in [0.29, 0.717) is 11.8 Å². The van der Waals surface area contributed by atoms with E-state index < -0.39 is 0 Å². The highest BCUT2D eigenvalue weighted by Crippen LogP contribution is 2.70. The van der Waals surface area contributed by atoms with Crippen molar-refractivity contribution in [2.24, 2.45) is 23.7 Å². The molecule has 0 radical (unpaired) electrons. The largest absolute Gasteiger partial charge is 0.310 e. The Bertz CT molecular complexity index is 4300. The van der Waals surface area contributed by atoms with Crippen LogP contribution in [0.15, 0.2) is 237 Å². The molecular formula is C76H62N2. The summed E-state index contributed by atoms with van der Waals surface area (Å²) in [7, 11) is 0. The second-order valence-electron chi connectivity index (χ2n) is 24.5. The molecule has 0 N–H and O–H groups in total. The summed E-state index contributed by atoms with van der Waals surface area (Å²) in [5.74, 6) is 3.11. The molecule has 0 atom stereocenters. The van der Waals surface area contributed by atoms with Crippen LogP contribution in [-0.4, -0.2) is 0 Å². The van der Waals surface area contributed by atoms with Gasteiger partial charge in [-0.3, -0.25) is 0 Å². The van der Waals surface area contributed by atoms with Gasteiger partial charge in [-0.05, 0) is 210 Å². The van der Waals surface area contributed by atoms with Gasteiger partial charge in [-0.25, -0.2) is 0 Å². The topological polar surface area (TPSA) is 6.48 Å². The molecular weight excluding hydrogens is 941 g/mol. The minimum atomic E-state index is 0.0431. The summed E-state index contributed by atoms with van der Waals surface area (Å²) in [5, 5.41) is 10.1. The fraction of sp³-hybridized carbons (Fsp3) is 0.184. The molecule has 5 aliphatic rings. The van der Waals surface area contributed by atoms with Crippen molar-refractivity contribution < 1.29 is 0 Å². The van der Waals surface area contributed by atoms with Crippen LogP contribution in [0.5, 0.6) is 0 Å². The summed E-state index contributed by atoms with van der Waals surface area (Å²) in [6, 6.07) is 90.0. The molecule has 376 valence electrons. The van der Waals surface area contributed by atoms with E-state index in [1.807, 2.05) is 0 Å². The molecule has 1 spiro atoms. The maximum absolute atomic E-state index is 2.66. The van der Waals surface area contributed by atoms with Crippen LogP contribution in [0, 0.1) is 23.7 Å². The van der Waals surface area contributed by atoms with Crippen molar-refractivity contribution in [1.82, 2.24) is 0 Å². The Morgan fingerprint density at radius 1 is 0.346 bits per heavy atom. The first kappa shape index (κ1) is 45.7. The highest BCUT2D eigenvalue weighted by molar-refractivity contribution is 6.28. The summed E-state index contributed by atoms with van der Waals surface area (Å²) in [4.78, 5) is 5.01. The maximum Gasteiger partial charge on any atom is 0.0540 e. The molecule has 0 heterocycles. The molecule has 4 fully saturated rings. The average Bonchev–Trinajstić information content (AvgIpc) is 2.91. The zero-order valence-corrected chi connectivity index (χ0v) is 44.8. The van der Waals surface area contributed by atoms with Crippen molar-refractivity contribution in [3.05, 3.63) is 253 Å². The number of para-hydroxylation sites is 2. The van der Waals surface area contributed by atoms with Crippen LogP contribution in [0.1, 0.15) is 69.6 Å². The van der Waals surface area contributed by atoms with Gasteiger partial charge in [0.2, 0.25) is 0 Å². The van der Waals surface area contributed by atoms with E-state index in [-0.39, 0.29) is 10.8 Å². The van der Waals surface area contributed by atoms with E-state index in [1.54, 1.807) is 11.1 Å². The van der Waals surface area contributed by atoms with Crippen molar-refractivity contribution in [2.75, 3.05) is 9.80 Å². The van der Waals surface area contributed by atoms with Crippen LogP contribution in [-0.2, 0) is 10.8 Å². The van der Waals surface area contributed by atoms with Crippen molar-refractivity contribution >= 4 is 77.2 Å². The number of fused-ring (bicyclic) bond motifs is 4. The molecule has 17 rings (SSSR count). The van der Waals surface area contributed by atoms with Crippen LogP contribution in [0.2, 0.25) is 0 Å². The van der Waals surface area contributed by atoms with E-state index in [1.165, 1.54) is 126 Å². The normalized spacial score (nSPS) is 20.0. The Kier molecular flexibility index (Phi) is 10.1. The summed E-state index contributed by atoms with van der Waals surface area (Å²) in [6.45, 7) is 7.00. The Morgan fingerprint density at radius 3 is 1.56 bits per heavy atom. The van der Waals surface area contributed by atoms with Crippen LogP contribution < -0.4 is 9.80 Å². The second kappa shape index (κ2) is 17.3. The van der Waals surface area contributed by atoms with Gasteiger partial charge < -0.3 is 9.80 Å². The summed E-state index contributed by atoms with van der Waals surface area (Å²) in [5.41, 5.74) is 19.6. The lowest BCUT2D eigenvalue weighted by Gasteiger charge is -2.61. The Labute approximate surface area is 458 Å². The molecule has 5 aliphatic carbocycles. The lowest BCUT2D eigenvalue weighted by Crippen LogP contribution is -2.55. The van der Waals surface area contributed by atoms with Crippen molar-refractivity contribution in [2.45, 2.75) is 63.7 Å². The van der Waals surface area contributed by atoms with Gasteiger partial charge in [0.25, 0.3) is 0 Å². The van der Waals surface area contributed by atoms with Crippen molar-refractivity contribution in [1.29, 1.82) is 0 Å². The van der Waals surface area contributed by atoms with Gasteiger partial charge in [0.15, 0.2) is 0 Å². The summed E-state index contributed by atoms with van der Waals surface area (Å²) < 4.78 is 0. The minimum absolute atomic E-state index is 0.0431. The van der Waals surface area contributed by atoms with Crippen LogP contribution in [0.4, 0.5) is 34.1 Å². The average molecular weight is 1000 g/mol. The number of rotatable bonds is 8. The van der Waals surface area contributed by atoms with Crippen LogP contribution >= 0.6 is 0 Å². The Balaban J connectivity index is 0.869. The smallest absolute Gasteiger partial charge is 0.0540 e. The lowest BCUT2D eigenvalue weighted by molar-refractivity contribution is -0.0399. The van der Waals surface area contributed by atoms with Gasteiger partial charge in [-0.15, -0.1) is 0 Å². The molecule has 0 aliphatic heterocycles. The zero-order chi connectivity index (χ0) is 51.9. The molecule has 4 saturated carbocycles. The molecule has 12 aromatic carbocycles. The number of anilines is 6. The Hall–Kier alpha value is -8.46. The SMILES string of the molecule is CC(C)(C)c1cccc(-c2ccc3c(c2)C2(c4ccc(N(c5ccccc5)c5ccc6ccc7c(N(c8ccccc8)c8cccc(-c9cccc%10ccccc9%10)c8)ccc8ccc5c6c87)cc4-3)C3CC4CC(C3)CC2C4)c1. The molecule has 78 heavy (non-hydrogen) atoms. The first-order valence-corrected chi connectivity index (χ1v) is 28.7. The number of nitrogens with zero attached hydrogens (tertiary/aromatic N) is 2. The van der Waals surface area contributed by atoms with E-state index in [0.717, 1.165) is 34.6 Å². The molecule has 0 aromatic heterocycles. The number of benzene rings is 12. The summed E-state index contributed by atoms with van der Waals surface area (Å²) in [6.07, 6.45) is 6.88. The summed E-state index contributed by atoms with van der Waals surface area (Å²) >= 11 is 0. The van der Waals surface area contributed by atoms with Gasteiger partial charge in [0.1, 0.15) is 0 Å². The molecule has 4 bridgehead atoms. The fourth-order valence-corrected chi connectivity index (χ4v) is 16.1. The third kappa shape index (κ3) is 6.88. The monoisotopic (exact) mass is 1000 g/mol. The Morgan fingerprint density at radius 2 is 0.897 bits per heavy atom.